The molecule has 4 saturated carbocycles. The standard InChI is InChI=1S/C75H118O39/c1-26-38(81)42(85)47(90)64(102-26)112-58-50(93)54(108-65-49(92)44(87)53(27(2)103-65)107-63-52(95)55(33(80)24-101-63)109-61-45(88)39(82)31(78)22-99-61)28(3)104-67(58)114-69(98)75-18-16-70(4,5)20-30(75)29-10-11-36-71(6)14-13-37(72(7,25-77)35(71)12-15-74(36,9)73(29,8)17-19-75)106-68-59(113-66-48(91)43(86)41(84)34(21-76)105-66)56(51(94)57(111-68)60(96)97)110-62-46(89)40(83)32(79)23-100-62/h10,25-28,30-59,61-68,76,78-95H,11-24H2,1-9H3,(H,96,97)/t26-,27+,28-,30+,31-,32+,33-,34-,35-,36-,37+,38-,39+,40+,41+,42+,43+,44+,45-,46-,47-,48-,49-,50+,51+,52-,53+,54+,55+,56+,57+,58-,59-,61+,62+,63+,64+,65+,66+,67+,68-,71+,72+,73-,74-,75+/m1/s1. The first-order chi connectivity index (χ1) is 53.5. The molecule has 0 amide bonds. The second kappa shape index (κ2) is 33.7. The van der Waals surface area contributed by atoms with E-state index in [-0.39, 0.29) is 17.8 Å². The Hall–Kier alpha value is -3.01. The van der Waals surface area contributed by atoms with Crippen LogP contribution in [0.4, 0.5) is 0 Å². The first-order valence-corrected chi connectivity index (χ1v) is 39.7. The number of carboxylic acids is 1. The van der Waals surface area contributed by atoms with Gasteiger partial charge in [-0.1, -0.05) is 53.2 Å². The number of allylic oxidation sites excluding steroid dienone is 2. The molecule has 0 aromatic rings. The number of aliphatic hydroxyl groups excluding tert-OH is 19. The molecule has 13 aliphatic rings. The Balaban J connectivity index is 0.738. The summed E-state index contributed by atoms with van der Waals surface area (Å²) in [7, 11) is 0. The van der Waals surface area contributed by atoms with Crippen LogP contribution in [0.3, 0.4) is 0 Å². The zero-order valence-corrected chi connectivity index (χ0v) is 64.9. The quantitative estimate of drug-likeness (QED) is 0.0247. The lowest BCUT2D eigenvalue weighted by molar-refractivity contribution is -0.391. The van der Waals surface area contributed by atoms with E-state index in [2.05, 4.69) is 40.7 Å². The van der Waals surface area contributed by atoms with E-state index in [1.165, 1.54) is 20.8 Å². The van der Waals surface area contributed by atoms with Crippen LogP contribution in [0.15, 0.2) is 11.6 Å². The summed E-state index contributed by atoms with van der Waals surface area (Å²) in [5.41, 5.74) is -3.73. The molecular weight excluding hydrogens is 1520 g/mol. The smallest absolute Gasteiger partial charge is 0.335 e. The maximum absolute atomic E-state index is 16.0. The van der Waals surface area contributed by atoms with Crippen LogP contribution in [-0.4, -0.2) is 380 Å². The zero-order chi connectivity index (χ0) is 83.0. The lowest BCUT2D eigenvalue weighted by Crippen LogP contribution is -2.69. The molecule has 0 bridgehead atoms. The average Bonchev–Trinajstić information content (AvgIpc) is 0.672. The number of aliphatic carboxylic acids is 1. The van der Waals surface area contributed by atoms with Crippen molar-refractivity contribution in [3.8, 4) is 0 Å². The molecule has 652 valence electrons. The van der Waals surface area contributed by atoms with Crippen LogP contribution in [0.2, 0.25) is 0 Å². The van der Waals surface area contributed by atoms with Crippen molar-refractivity contribution < 1.29 is 192 Å². The molecule has 0 aromatic carbocycles. The molecule has 5 aliphatic carbocycles. The lowest BCUT2D eigenvalue weighted by Gasteiger charge is -2.71. The number of carbonyl (C=O) groups excluding carboxylic acids is 2. The van der Waals surface area contributed by atoms with Crippen molar-refractivity contribution in [1.29, 1.82) is 0 Å². The highest BCUT2D eigenvalue weighted by Gasteiger charge is 2.72. The maximum atomic E-state index is 16.0. The molecule has 39 nitrogen and oxygen atoms in total. The molecule has 0 unspecified atom stereocenters. The molecule has 0 radical (unpaired) electrons. The molecule has 8 heterocycles. The van der Waals surface area contributed by atoms with Crippen molar-refractivity contribution in [2.75, 3.05) is 26.4 Å². The summed E-state index contributed by atoms with van der Waals surface area (Å²) < 4.78 is 96.6. The highest BCUT2D eigenvalue weighted by molar-refractivity contribution is 5.79. The molecule has 12 fully saturated rings. The van der Waals surface area contributed by atoms with Crippen LogP contribution < -0.4 is 0 Å². The number of hydrogen-bond acceptors (Lipinski definition) is 38. The second-order valence-corrected chi connectivity index (χ2v) is 35.8. The third-order valence-corrected chi connectivity index (χ3v) is 28.5. The Morgan fingerprint density at radius 1 is 0.447 bits per heavy atom. The first kappa shape index (κ1) is 88.8. The molecule has 13 rings (SSSR count). The minimum absolute atomic E-state index is 0.125. The summed E-state index contributed by atoms with van der Waals surface area (Å²) in [5.74, 6) is -3.49. The van der Waals surface area contributed by atoms with Crippen LogP contribution in [0, 0.1) is 50.2 Å². The molecular formula is C75H118O39. The molecule has 8 saturated heterocycles. The molecule has 0 spiro atoms. The molecule has 46 atom stereocenters. The van der Waals surface area contributed by atoms with E-state index in [1.54, 1.807) is 6.92 Å². The van der Waals surface area contributed by atoms with Gasteiger partial charge in [-0.25, -0.2) is 4.79 Å². The number of rotatable bonds is 19. The monoisotopic (exact) mass is 1640 g/mol. The summed E-state index contributed by atoms with van der Waals surface area (Å²) in [6, 6.07) is 0. The number of aldehydes is 1. The summed E-state index contributed by atoms with van der Waals surface area (Å²) in [4.78, 5) is 43.4. The fraction of sp³-hybridized carbons (Fsp3) is 0.933. The van der Waals surface area contributed by atoms with Gasteiger partial charge in [0.1, 0.15) is 153 Å². The van der Waals surface area contributed by atoms with E-state index in [9.17, 15) is 112 Å². The van der Waals surface area contributed by atoms with Crippen LogP contribution in [0.5, 0.6) is 0 Å². The summed E-state index contributed by atoms with van der Waals surface area (Å²) in [5, 5.41) is 220. The SMILES string of the molecule is C[C@@H]1O[C@@H](O[C@@H]2[C@H](O)[C@@H](O[C@@H]3O[C@H](C)[C@@H](O)[C@H](O)[C@H]3O)[C@H](OC(=O)[C@]34CCC(C)(C)C[C@H]3C3=CC[C@@H]5[C@@]6(C)CC[C@H](O[C@@H]7O[C@H](C(=O)O)[C@@H](O)[C@H](O[C@@H]8OC[C@H](O)[C@H](O)[C@H]8O)[C@H]7O[C@@H]7O[C@H](CO)[C@H](O)[C@H](O)[C@H]7O)[C@@](C)(C=O)[C@@H]6CC[C@@]5(C)[C@]3(C)CC4)O[C@@H]2C)[C@H](O)[C@H](O)[C@H]1O[C@@H]1OC[C@@H](O)[C@H](O[C@@H]2OC[C@@H](O)[C@H](O)[C@H]2O)[C@H]1O. The first-order valence-electron chi connectivity index (χ1n) is 39.7. The number of ether oxygens (including phenoxy) is 16. The number of aliphatic hydroxyl groups is 19. The van der Waals surface area contributed by atoms with Gasteiger partial charge in [0.2, 0.25) is 6.29 Å². The number of fused-ring (bicyclic) bond motifs is 7. The summed E-state index contributed by atoms with van der Waals surface area (Å²) in [6.45, 7) is 14.5. The van der Waals surface area contributed by atoms with E-state index in [1.807, 2.05) is 0 Å². The van der Waals surface area contributed by atoms with Gasteiger partial charge in [-0.15, -0.1) is 0 Å². The van der Waals surface area contributed by atoms with Gasteiger partial charge in [-0.05, 0) is 124 Å². The van der Waals surface area contributed by atoms with Crippen molar-refractivity contribution in [3.05, 3.63) is 11.6 Å². The normalized spacial score (nSPS) is 55.1. The largest absolute Gasteiger partial charge is 0.479 e. The van der Waals surface area contributed by atoms with E-state index < -0.39 is 311 Å². The van der Waals surface area contributed by atoms with Gasteiger partial charge in [0, 0.05) is 0 Å². The minimum atomic E-state index is -2.22. The Labute approximate surface area is 656 Å². The maximum Gasteiger partial charge on any atom is 0.335 e. The van der Waals surface area contributed by atoms with Crippen LogP contribution in [0.1, 0.15) is 127 Å². The Morgan fingerprint density at radius 2 is 0.947 bits per heavy atom. The third kappa shape index (κ3) is 15.5. The number of esters is 1. The topological polar surface area (TPSA) is 603 Å². The summed E-state index contributed by atoms with van der Waals surface area (Å²) in [6.07, 6.45) is -59.5. The highest BCUT2D eigenvalue weighted by Crippen LogP contribution is 2.76. The number of hydrogen-bond donors (Lipinski definition) is 20. The predicted molar refractivity (Wildman–Crippen MR) is 372 cm³/mol. The van der Waals surface area contributed by atoms with Crippen molar-refractivity contribution in [1.82, 2.24) is 0 Å². The Morgan fingerprint density at radius 3 is 1.55 bits per heavy atom. The fourth-order valence-corrected chi connectivity index (χ4v) is 21.3. The van der Waals surface area contributed by atoms with E-state index in [0.717, 1.165) is 11.9 Å². The third-order valence-electron chi connectivity index (χ3n) is 28.5. The lowest BCUT2D eigenvalue weighted by atomic mass is 9.33. The second-order valence-electron chi connectivity index (χ2n) is 35.8. The molecule has 0 aromatic heterocycles. The van der Waals surface area contributed by atoms with Crippen molar-refractivity contribution in [2.24, 2.45) is 50.2 Å². The zero-order valence-electron chi connectivity index (χ0n) is 64.9. The van der Waals surface area contributed by atoms with Gasteiger partial charge >= 0.3 is 11.9 Å². The minimum Gasteiger partial charge on any atom is -0.479 e. The number of carbonyl (C=O) groups is 3. The van der Waals surface area contributed by atoms with E-state index >= 15 is 4.79 Å². The van der Waals surface area contributed by atoms with Crippen molar-refractivity contribution >= 4 is 18.2 Å². The molecule has 8 aliphatic heterocycles. The van der Waals surface area contributed by atoms with Crippen molar-refractivity contribution in [2.45, 2.75) is 360 Å². The van der Waals surface area contributed by atoms with E-state index in [4.69, 9.17) is 75.8 Å². The van der Waals surface area contributed by atoms with Crippen molar-refractivity contribution in [3.63, 3.8) is 0 Å². The fourth-order valence-electron chi connectivity index (χ4n) is 21.3. The molecule has 114 heavy (non-hydrogen) atoms. The van der Waals surface area contributed by atoms with Gasteiger partial charge in [-0.2, -0.15) is 0 Å². The Kier molecular flexibility index (Phi) is 26.2. The number of carboxylic acid groups (broad SMARTS) is 1. The van der Waals surface area contributed by atoms with Crippen LogP contribution >= 0.6 is 0 Å². The Bertz CT molecular complexity index is 3360. The van der Waals surface area contributed by atoms with Gasteiger partial charge in [0.05, 0.1) is 61.7 Å². The van der Waals surface area contributed by atoms with Gasteiger partial charge < -0.3 is 183 Å². The van der Waals surface area contributed by atoms with Crippen LogP contribution in [-0.2, 0) is 90.2 Å². The van der Waals surface area contributed by atoms with Gasteiger partial charge in [-0.3, -0.25) is 4.79 Å². The van der Waals surface area contributed by atoms with Gasteiger partial charge in [0.25, 0.3) is 0 Å². The molecule has 39 heteroatoms. The van der Waals surface area contributed by atoms with E-state index in [0.29, 0.717) is 57.8 Å². The predicted octanol–water partition coefficient (Wildman–Crippen LogP) is -6.47. The highest BCUT2D eigenvalue weighted by atomic mass is 16.8. The van der Waals surface area contributed by atoms with Crippen LogP contribution in [0.25, 0.3) is 0 Å². The van der Waals surface area contributed by atoms with Gasteiger partial charge in [0.15, 0.2) is 56.2 Å². The summed E-state index contributed by atoms with van der Waals surface area (Å²) >= 11 is 0. The average molecular weight is 1640 g/mol. The molecule has 20 N–H and O–H groups in total.